The number of anilines is 6. The first-order valence-corrected chi connectivity index (χ1v) is 24.3. The predicted molar refractivity (Wildman–Crippen MR) is 291 cm³/mol. The van der Waals surface area contributed by atoms with Crippen molar-refractivity contribution in [3.8, 4) is 22.3 Å². The molecule has 0 bridgehead atoms. The number of fused-ring (bicyclic) bond motifs is 16. The minimum absolute atomic E-state index is 0.0512. The topological polar surface area (TPSA) is 16.3 Å². The van der Waals surface area contributed by atoms with Gasteiger partial charge in [-0.2, -0.15) is 0 Å². The highest BCUT2D eigenvalue weighted by molar-refractivity contribution is 6.91. The van der Waals surface area contributed by atoms with Crippen molar-refractivity contribution in [3.05, 3.63) is 193 Å². The number of hydrogen-bond acceptors (Lipinski definition) is 2. The fourth-order valence-corrected chi connectivity index (χ4v) is 13.0. The third-order valence-corrected chi connectivity index (χ3v) is 15.9. The third-order valence-electron chi connectivity index (χ3n) is 15.9. The van der Waals surface area contributed by atoms with Crippen LogP contribution in [-0.4, -0.2) is 22.7 Å². The molecule has 6 heteroatoms. The Morgan fingerprint density at radius 3 is 1.15 bits per heavy atom. The van der Waals surface area contributed by atoms with Crippen molar-refractivity contribution in [3.63, 3.8) is 0 Å². The number of benzene rings is 9. The van der Waals surface area contributed by atoms with Gasteiger partial charge in [0.25, 0.3) is 0 Å². The number of aromatic nitrogens is 2. The Bertz CT molecular complexity index is 3750. The highest BCUT2D eigenvalue weighted by atomic mass is 15.2. The van der Waals surface area contributed by atoms with Crippen molar-refractivity contribution in [2.75, 3.05) is 9.80 Å². The maximum absolute atomic E-state index is 2.77. The molecule has 0 aliphatic carbocycles. The Morgan fingerprint density at radius 2 is 0.735 bits per heavy atom. The van der Waals surface area contributed by atoms with Crippen molar-refractivity contribution in [2.24, 2.45) is 0 Å². The summed E-state index contributed by atoms with van der Waals surface area (Å²) in [6.45, 7) is 14.2. The number of para-hydroxylation sites is 6. The van der Waals surface area contributed by atoms with E-state index in [1.165, 1.54) is 133 Å². The number of hydrogen-bond donors (Lipinski definition) is 0. The predicted octanol–water partition coefficient (Wildman–Crippen LogP) is 13.3. The van der Waals surface area contributed by atoms with Crippen LogP contribution in [0.25, 0.3) is 65.9 Å². The van der Waals surface area contributed by atoms with Gasteiger partial charge in [0.2, 0.25) is 0 Å². The second-order valence-corrected chi connectivity index (χ2v) is 21.6. The van der Waals surface area contributed by atoms with Crippen LogP contribution >= 0.6 is 0 Å². The van der Waals surface area contributed by atoms with E-state index in [4.69, 9.17) is 0 Å². The van der Waals surface area contributed by atoms with E-state index in [9.17, 15) is 0 Å². The molecule has 0 atom stereocenters. The van der Waals surface area contributed by atoms with E-state index in [0.717, 1.165) is 0 Å². The molecule has 0 unspecified atom stereocenters. The normalized spacial score (nSPS) is 14.2. The molecule has 0 radical (unpaired) electrons. The van der Waals surface area contributed by atoms with Crippen LogP contribution in [0.3, 0.4) is 0 Å². The molecule has 0 saturated carbocycles. The standard InChI is InChI=1S/C62H48B2N4/c1-61(2,3)37-33-43-55-53-41-25-13-17-29-47(41)68-60(53)56(44-34-38(62(4,5)6)36-52-58(44)64(68)46-28-16-20-32-50(46)66(52)40-23-11-8-12-24-40)54-42-26-14-18-30-48(42)67(59(54)55)63-45-27-15-19-31-49(45)65(51(35-37)57(43)63)39-21-9-7-10-22-39/h7-36H,1-6H3. The van der Waals surface area contributed by atoms with E-state index in [1.807, 2.05) is 0 Å². The van der Waals surface area contributed by atoms with E-state index in [1.54, 1.807) is 0 Å². The lowest BCUT2D eigenvalue weighted by Gasteiger charge is -2.43. The van der Waals surface area contributed by atoms with Gasteiger partial charge in [-0.25, -0.2) is 0 Å². The molecule has 0 N–H and O–H groups in total. The van der Waals surface area contributed by atoms with Crippen molar-refractivity contribution in [1.29, 1.82) is 0 Å². The van der Waals surface area contributed by atoms with Crippen LogP contribution in [0.5, 0.6) is 0 Å². The fourth-order valence-electron chi connectivity index (χ4n) is 13.0. The van der Waals surface area contributed by atoms with Crippen LogP contribution < -0.4 is 31.7 Å². The first kappa shape index (κ1) is 38.4. The summed E-state index contributed by atoms with van der Waals surface area (Å²) in [5, 5.41) is 5.30. The quantitative estimate of drug-likeness (QED) is 0.161. The molecule has 6 heterocycles. The lowest BCUT2D eigenvalue weighted by atomic mass is 9.44. The SMILES string of the molecule is CC(C)(C)c1cc2c3c(c1)N(c1ccccc1)c1ccccc1B3n1c3ccccc3c3c4c5c(c-2c31)c1ccccc1n5B1c2ccccc2N(c2ccccc2)c2cc(C(C)(C)C)cc-4c21. The molecule has 0 amide bonds. The van der Waals surface area contributed by atoms with Crippen molar-refractivity contribution in [2.45, 2.75) is 52.4 Å². The largest absolute Gasteiger partial charge is 0.375 e. The van der Waals surface area contributed by atoms with Gasteiger partial charge in [0.15, 0.2) is 0 Å². The maximum atomic E-state index is 2.77. The minimum Gasteiger partial charge on any atom is -0.375 e. The first-order chi connectivity index (χ1) is 33.1. The summed E-state index contributed by atoms with van der Waals surface area (Å²) in [4.78, 5) is 5.10. The van der Waals surface area contributed by atoms with Gasteiger partial charge in [-0.05, 0) is 116 Å². The highest BCUT2D eigenvalue weighted by Crippen LogP contribution is 2.56. The molecule has 4 aliphatic heterocycles. The van der Waals surface area contributed by atoms with Gasteiger partial charge in [-0.3, -0.25) is 0 Å². The molecular formula is C62H48B2N4. The first-order valence-electron chi connectivity index (χ1n) is 24.3. The van der Waals surface area contributed by atoms with E-state index in [0.29, 0.717) is 0 Å². The van der Waals surface area contributed by atoms with Gasteiger partial charge >= 0.3 is 13.7 Å². The van der Waals surface area contributed by atoms with E-state index >= 15 is 0 Å². The molecule has 2 aromatic heterocycles. The summed E-state index contributed by atoms with van der Waals surface area (Å²) in [5.41, 5.74) is 25.8. The molecule has 0 spiro atoms. The van der Waals surface area contributed by atoms with Crippen molar-refractivity contribution >= 4 is 113 Å². The zero-order valence-corrected chi connectivity index (χ0v) is 39.3. The van der Waals surface area contributed by atoms with Crippen LogP contribution in [0, 0.1) is 0 Å². The van der Waals surface area contributed by atoms with Crippen molar-refractivity contribution < 1.29 is 0 Å². The Hall–Kier alpha value is -7.69. The minimum atomic E-state index is -0.114. The van der Waals surface area contributed by atoms with Gasteiger partial charge in [-0.1, -0.05) is 163 Å². The van der Waals surface area contributed by atoms with Crippen LogP contribution in [0.4, 0.5) is 34.1 Å². The van der Waals surface area contributed by atoms with Gasteiger partial charge in [0.1, 0.15) is 0 Å². The molecule has 0 saturated heterocycles. The zero-order valence-electron chi connectivity index (χ0n) is 39.3. The Labute approximate surface area is 397 Å². The average molecular weight is 871 g/mol. The average Bonchev–Trinajstić information content (AvgIpc) is 3.88. The maximum Gasteiger partial charge on any atom is 0.333 e. The van der Waals surface area contributed by atoms with Gasteiger partial charge in [0.05, 0.1) is 0 Å². The fraction of sp³-hybridized carbons (Fsp3) is 0.129. The summed E-state index contributed by atoms with van der Waals surface area (Å²) < 4.78 is 5.53. The molecule has 9 aromatic carbocycles. The molecular weight excluding hydrogens is 822 g/mol. The van der Waals surface area contributed by atoms with Gasteiger partial charge in [0, 0.05) is 88.9 Å². The van der Waals surface area contributed by atoms with E-state index in [-0.39, 0.29) is 24.5 Å². The molecule has 15 rings (SSSR count). The van der Waals surface area contributed by atoms with Crippen LogP contribution in [0.2, 0.25) is 0 Å². The molecule has 4 nitrogen and oxygen atoms in total. The van der Waals surface area contributed by atoms with Crippen molar-refractivity contribution in [1.82, 2.24) is 8.96 Å². The number of rotatable bonds is 2. The second kappa shape index (κ2) is 13.0. The lowest BCUT2D eigenvalue weighted by Crippen LogP contribution is -2.57. The lowest BCUT2D eigenvalue weighted by molar-refractivity contribution is 0.590. The van der Waals surface area contributed by atoms with Crippen LogP contribution in [0.15, 0.2) is 182 Å². The Balaban J connectivity index is 1.21. The van der Waals surface area contributed by atoms with Gasteiger partial charge in [-0.15, -0.1) is 0 Å². The summed E-state index contributed by atoms with van der Waals surface area (Å²) >= 11 is 0. The molecule has 0 fully saturated rings. The molecule has 322 valence electrons. The highest BCUT2D eigenvalue weighted by Gasteiger charge is 2.48. The molecule has 11 aromatic rings. The monoisotopic (exact) mass is 870 g/mol. The van der Waals surface area contributed by atoms with E-state index < -0.39 is 0 Å². The van der Waals surface area contributed by atoms with Crippen LogP contribution in [0.1, 0.15) is 52.7 Å². The third kappa shape index (κ3) is 4.77. The second-order valence-electron chi connectivity index (χ2n) is 21.6. The van der Waals surface area contributed by atoms with E-state index in [2.05, 4.69) is 242 Å². The summed E-state index contributed by atoms with van der Waals surface area (Å²) in [7, 11) is 0. The Kier molecular flexibility index (Phi) is 7.37. The Morgan fingerprint density at radius 1 is 0.368 bits per heavy atom. The summed E-state index contributed by atoms with van der Waals surface area (Å²) in [6.07, 6.45) is 0. The summed E-state index contributed by atoms with van der Waals surface area (Å²) in [5.74, 6) is 0. The smallest absolute Gasteiger partial charge is 0.333 e. The number of nitrogens with zero attached hydrogens (tertiary/aromatic N) is 4. The van der Waals surface area contributed by atoms with Gasteiger partial charge < -0.3 is 18.8 Å². The molecule has 68 heavy (non-hydrogen) atoms. The zero-order chi connectivity index (χ0) is 45.5. The molecule has 4 aliphatic rings. The summed E-state index contributed by atoms with van der Waals surface area (Å²) in [6, 6.07) is 69.3. The van der Waals surface area contributed by atoms with Crippen LogP contribution in [-0.2, 0) is 10.8 Å².